The SMILES string of the molecule is O=C(COC(=O)[C@@H]1CCC(=O)N1)Nc1ccc2ccccc2c1. The molecule has 2 aromatic carbocycles. The number of fused-ring (bicyclic) bond motifs is 1. The number of carbonyl (C=O) groups is 3. The molecule has 0 radical (unpaired) electrons. The van der Waals surface area contributed by atoms with E-state index in [-0.39, 0.29) is 12.5 Å². The molecule has 1 aliphatic rings. The highest BCUT2D eigenvalue weighted by Crippen LogP contribution is 2.18. The third kappa shape index (κ3) is 3.66. The highest BCUT2D eigenvalue weighted by molar-refractivity contribution is 5.96. The summed E-state index contributed by atoms with van der Waals surface area (Å²) in [7, 11) is 0. The van der Waals surface area contributed by atoms with E-state index in [0.717, 1.165) is 10.8 Å². The van der Waals surface area contributed by atoms with Crippen LogP contribution in [0.2, 0.25) is 0 Å². The van der Waals surface area contributed by atoms with Gasteiger partial charge in [-0.3, -0.25) is 9.59 Å². The van der Waals surface area contributed by atoms with Crippen LogP contribution in [0.3, 0.4) is 0 Å². The van der Waals surface area contributed by atoms with E-state index < -0.39 is 17.9 Å². The molecular weight excluding hydrogens is 296 g/mol. The van der Waals surface area contributed by atoms with Crippen LogP contribution < -0.4 is 10.6 Å². The number of rotatable bonds is 4. The van der Waals surface area contributed by atoms with Gasteiger partial charge >= 0.3 is 5.97 Å². The monoisotopic (exact) mass is 312 g/mol. The second-order valence-corrected chi connectivity index (χ2v) is 5.38. The molecule has 2 N–H and O–H groups in total. The maximum absolute atomic E-state index is 11.9. The van der Waals surface area contributed by atoms with E-state index in [0.29, 0.717) is 18.5 Å². The Morgan fingerprint density at radius 3 is 2.70 bits per heavy atom. The summed E-state index contributed by atoms with van der Waals surface area (Å²) in [6.07, 6.45) is 0.715. The molecule has 0 spiro atoms. The van der Waals surface area contributed by atoms with Crippen molar-refractivity contribution in [3.8, 4) is 0 Å². The Balaban J connectivity index is 1.54. The second-order valence-electron chi connectivity index (χ2n) is 5.38. The van der Waals surface area contributed by atoms with Crippen LogP contribution in [0.1, 0.15) is 12.8 Å². The van der Waals surface area contributed by atoms with Crippen LogP contribution in [0.5, 0.6) is 0 Å². The van der Waals surface area contributed by atoms with Crippen molar-refractivity contribution in [2.24, 2.45) is 0 Å². The summed E-state index contributed by atoms with van der Waals surface area (Å²) in [5.41, 5.74) is 0.638. The molecule has 1 aliphatic heterocycles. The summed E-state index contributed by atoms with van der Waals surface area (Å²) in [5.74, 6) is -1.17. The quantitative estimate of drug-likeness (QED) is 0.840. The van der Waals surface area contributed by atoms with Crippen LogP contribution in [0, 0.1) is 0 Å². The fraction of sp³-hybridized carbons (Fsp3) is 0.235. The van der Waals surface area contributed by atoms with Gasteiger partial charge in [-0.2, -0.15) is 0 Å². The van der Waals surface area contributed by atoms with Crippen molar-refractivity contribution in [3.63, 3.8) is 0 Å². The van der Waals surface area contributed by atoms with Gasteiger partial charge in [-0.1, -0.05) is 30.3 Å². The first-order valence-electron chi connectivity index (χ1n) is 7.36. The number of hydrogen-bond acceptors (Lipinski definition) is 4. The summed E-state index contributed by atoms with van der Waals surface area (Å²) >= 11 is 0. The smallest absolute Gasteiger partial charge is 0.329 e. The molecule has 2 aromatic rings. The lowest BCUT2D eigenvalue weighted by molar-refractivity contribution is -0.149. The van der Waals surface area contributed by atoms with E-state index in [1.807, 2.05) is 36.4 Å². The molecule has 1 atom stereocenters. The molecule has 6 nitrogen and oxygen atoms in total. The molecule has 2 amide bonds. The van der Waals surface area contributed by atoms with Gasteiger partial charge in [0.05, 0.1) is 0 Å². The lowest BCUT2D eigenvalue weighted by Crippen LogP contribution is -2.36. The standard InChI is InChI=1S/C17H16N2O4/c20-15-8-7-14(19-15)17(22)23-10-16(21)18-13-6-5-11-3-1-2-4-12(11)9-13/h1-6,9,14H,7-8,10H2,(H,18,21)(H,19,20)/t14-/m0/s1. The average molecular weight is 312 g/mol. The minimum Gasteiger partial charge on any atom is -0.454 e. The average Bonchev–Trinajstić information content (AvgIpc) is 2.99. The van der Waals surface area contributed by atoms with Crippen LogP contribution >= 0.6 is 0 Å². The van der Waals surface area contributed by atoms with Crippen LogP contribution in [-0.4, -0.2) is 30.4 Å². The molecule has 1 heterocycles. The highest BCUT2D eigenvalue weighted by Gasteiger charge is 2.28. The van der Waals surface area contributed by atoms with Gasteiger partial charge in [-0.15, -0.1) is 0 Å². The molecule has 1 fully saturated rings. The minimum atomic E-state index is -0.643. The first-order valence-corrected chi connectivity index (χ1v) is 7.36. The predicted molar refractivity (Wildman–Crippen MR) is 84.7 cm³/mol. The first-order chi connectivity index (χ1) is 11.1. The van der Waals surface area contributed by atoms with Crippen molar-refractivity contribution in [2.75, 3.05) is 11.9 Å². The van der Waals surface area contributed by atoms with Crippen molar-refractivity contribution >= 4 is 34.2 Å². The van der Waals surface area contributed by atoms with Crippen LogP contribution in [0.4, 0.5) is 5.69 Å². The summed E-state index contributed by atoms with van der Waals surface area (Å²) in [6.45, 7) is -0.377. The lowest BCUT2D eigenvalue weighted by Gasteiger charge is -2.10. The molecule has 3 rings (SSSR count). The number of amides is 2. The Kier molecular flexibility index (Phi) is 4.23. The van der Waals surface area contributed by atoms with E-state index in [4.69, 9.17) is 4.74 Å². The van der Waals surface area contributed by atoms with E-state index in [9.17, 15) is 14.4 Å². The number of anilines is 1. The maximum atomic E-state index is 11.9. The number of benzene rings is 2. The van der Waals surface area contributed by atoms with Gasteiger partial charge in [0.25, 0.3) is 5.91 Å². The Hall–Kier alpha value is -2.89. The molecule has 0 saturated carbocycles. The summed E-state index contributed by atoms with van der Waals surface area (Å²) in [6, 6.07) is 12.7. The van der Waals surface area contributed by atoms with Crippen molar-refractivity contribution in [1.82, 2.24) is 5.32 Å². The normalized spacial score (nSPS) is 16.9. The van der Waals surface area contributed by atoms with Crippen LogP contribution in [0.25, 0.3) is 10.8 Å². The second kappa shape index (κ2) is 6.48. The van der Waals surface area contributed by atoms with Gasteiger partial charge < -0.3 is 15.4 Å². The number of esters is 1. The number of ether oxygens (including phenoxy) is 1. The van der Waals surface area contributed by atoms with E-state index >= 15 is 0 Å². The highest BCUT2D eigenvalue weighted by atomic mass is 16.5. The molecule has 1 saturated heterocycles. The Morgan fingerprint density at radius 2 is 1.96 bits per heavy atom. The number of hydrogen-bond donors (Lipinski definition) is 2. The maximum Gasteiger partial charge on any atom is 0.329 e. The summed E-state index contributed by atoms with van der Waals surface area (Å²) in [5, 5.41) is 7.28. The van der Waals surface area contributed by atoms with Crippen molar-refractivity contribution in [3.05, 3.63) is 42.5 Å². The first kappa shape index (κ1) is 15.0. The third-order valence-corrected chi connectivity index (χ3v) is 3.66. The Morgan fingerprint density at radius 1 is 1.17 bits per heavy atom. The zero-order chi connectivity index (χ0) is 16.2. The predicted octanol–water partition coefficient (Wildman–Crippen LogP) is 1.60. The number of nitrogens with one attached hydrogen (secondary N) is 2. The van der Waals surface area contributed by atoms with Crippen LogP contribution in [0.15, 0.2) is 42.5 Å². The molecule has 0 aliphatic carbocycles. The zero-order valence-electron chi connectivity index (χ0n) is 12.4. The molecule has 118 valence electrons. The number of carbonyl (C=O) groups excluding carboxylic acids is 3. The largest absolute Gasteiger partial charge is 0.454 e. The topological polar surface area (TPSA) is 84.5 Å². The Bertz CT molecular complexity index is 772. The van der Waals surface area contributed by atoms with Crippen LogP contribution in [-0.2, 0) is 19.1 Å². The van der Waals surface area contributed by atoms with E-state index in [2.05, 4.69) is 10.6 Å². The van der Waals surface area contributed by atoms with Crippen molar-refractivity contribution in [1.29, 1.82) is 0 Å². The molecule has 0 bridgehead atoms. The third-order valence-electron chi connectivity index (χ3n) is 3.66. The zero-order valence-corrected chi connectivity index (χ0v) is 12.4. The van der Waals surface area contributed by atoms with Gasteiger partial charge in [-0.05, 0) is 29.3 Å². The molecule has 23 heavy (non-hydrogen) atoms. The molecule has 0 aromatic heterocycles. The van der Waals surface area contributed by atoms with Gasteiger partial charge in [0.2, 0.25) is 5.91 Å². The fourth-order valence-corrected chi connectivity index (χ4v) is 2.49. The van der Waals surface area contributed by atoms with Gasteiger partial charge in [0, 0.05) is 12.1 Å². The van der Waals surface area contributed by atoms with E-state index in [1.54, 1.807) is 6.07 Å². The Labute approximate surface area is 132 Å². The van der Waals surface area contributed by atoms with E-state index in [1.165, 1.54) is 0 Å². The lowest BCUT2D eigenvalue weighted by atomic mass is 10.1. The molecule has 0 unspecified atom stereocenters. The van der Waals surface area contributed by atoms with Gasteiger partial charge in [-0.25, -0.2) is 4.79 Å². The summed E-state index contributed by atoms with van der Waals surface area (Å²) in [4.78, 5) is 34.6. The minimum absolute atomic E-state index is 0.174. The molecular formula is C17H16N2O4. The van der Waals surface area contributed by atoms with Crippen molar-refractivity contribution in [2.45, 2.75) is 18.9 Å². The fourth-order valence-electron chi connectivity index (χ4n) is 2.49. The van der Waals surface area contributed by atoms with Gasteiger partial charge in [0.1, 0.15) is 6.04 Å². The molecule has 6 heteroatoms. The summed E-state index contributed by atoms with van der Waals surface area (Å²) < 4.78 is 4.93. The van der Waals surface area contributed by atoms with Crippen molar-refractivity contribution < 1.29 is 19.1 Å². The van der Waals surface area contributed by atoms with Gasteiger partial charge in [0.15, 0.2) is 6.61 Å².